The molecule has 0 aliphatic heterocycles. The summed E-state index contributed by atoms with van der Waals surface area (Å²) in [5.41, 5.74) is 4.49. The van der Waals surface area contributed by atoms with Crippen molar-refractivity contribution in [2.45, 2.75) is 5.54 Å². The van der Waals surface area contributed by atoms with E-state index in [4.69, 9.17) is 10.2 Å². The van der Waals surface area contributed by atoms with Gasteiger partial charge in [-0.25, -0.2) is 9.67 Å². The molecule has 0 fully saturated rings. The second kappa shape index (κ2) is 9.97. The molecule has 0 radical (unpaired) electrons. The summed E-state index contributed by atoms with van der Waals surface area (Å²) in [5, 5.41) is 22.1. The highest BCUT2D eigenvalue weighted by Crippen LogP contribution is 2.42. The molecule has 6 nitrogen and oxygen atoms in total. The zero-order chi connectivity index (χ0) is 24.3. The van der Waals surface area contributed by atoms with Gasteiger partial charge >= 0.3 is 0 Å². The fraction of sp³-hybridized carbons (Fsp3) is 0.107. The molecule has 2 aromatic heterocycles. The van der Waals surface area contributed by atoms with Crippen molar-refractivity contribution in [1.82, 2.24) is 20.0 Å². The van der Waals surface area contributed by atoms with Crippen molar-refractivity contribution >= 4 is 43.2 Å². The number of pyridine rings is 1. The Morgan fingerprint density at radius 2 is 1.43 bits per heavy atom. The van der Waals surface area contributed by atoms with Gasteiger partial charge in [0.05, 0.1) is 6.61 Å². The van der Waals surface area contributed by atoms with Crippen molar-refractivity contribution in [3.8, 4) is 0 Å². The molecule has 0 atom stereocenters. The first-order valence-corrected chi connectivity index (χ1v) is 12.4. The molecule has 0 bridgehead atoms. The number of benzene rings is 3. The number of rotatable bonds is 7. The summed E-state index contributed by atoms with van der Waals surface area (Å²) in [7, 11) is 1.84. The van der Waals surface area contributed by atoms with Crippen molar-refractivity contribution in [2.75, 3.05) is 19.0 Å². The molecule has 0 spiro atoms. The number of fused-ring (bicyclic) bond motifs is 1. The number of halogens is 1. The number of aromatic nitrogens is 4. The SMILES string of the molecule is CNc1cc(/C(I)=C/CO)c2nnn(C(c3ccccc3)(c3ccccc3)c3ccccc3)c2n1. The van der Waals surface area contributed by atoms with Crippen LogP contribution in [-0.4, -0.2) is 38.7 Å². The topological polar surface area (TPSA) is 75.9 Å². The van der Waals surface area contributed by atoms with E-state index in [1.54, 1.807) is 6.08 Å². The third-order valence-corrected chi connectivity index (χ3v) is 7.11. The van der Waals surface area contributed by atoms with Crippen LogP contribution in [0.15, 0.2) is 103 Å². The highest BCUT2D eigenvalue weighted by Gasteiger charge is 2.41. The summed E-state index contributed by atoms with van der Waals surface area (Å²) in [4.78, 5) is 4.93. The predicted octanol–water partition coefficient (Wildman–Crippen LogP) is 5.48. The Bertz CT molecular complexity index is 1370. The third-order valence-electron chi connectivity index (χ3n) is 6.09. The van der Waals surface area contributed by atoms with Crippen LogP contribution in [0.25, 0.3) is 14.7 Å². The minimum absolute atomic E-state index is 0.0624. The van der Waals surface area contributed by atoms with Gasteiger partial charge < -0.3 is 10.4 Å². The van der Waals surface area contributed by atoms with E-state index in [-0.39, 0.29) is 6.61 Å². The minimum Gasteiger partial charge on any atom is -0.392 e. The summed E-state index contributed by atoms with van der Waals surface area (Å²) < 4.78 is 2.81. The molecule has 0 unspecified atom stereocenters. The molecule has 0 amide bonds. The van der Waals surface area contributed by atoms with Crippen LogP contribution < -0.4 is 5.32 Å². The number of aliphatic hydroxyl groups is 1. The Morgan fingerprint density at radius 3 is 1.89 bits per heavy atom. The smallest absolute Gasteiger partial charge is 0.182 e. The first-order valence-electron chi connectivity index (χ1n) is 11.3. The van der Waals surface area contributed by atoms with Gasteiger partial charge in [0.25, 0.3) is 0 Å². The molecular formula is C28H24IN5O. The fourth-order valence-electron chi connectivity index (χ4n) is 4.53. The van der Waals surface area contributed by atoms with Crippen molar-refractivity contribution in [2.24, 2.45) is 0 Å². The lowest BCUT2D eigenvalue weighted by atomic mass is 9.77. The zero-order valence-corrected chi connectivity index (χ0v) is 21.3. The summed E-state index contributed by atoms with van der Waals surface area (Å²) in [6.07, 6.45) is 1.76. The molecule has 35 heavy (non-hydrogen) atoms. The number of nitrogens with zero attached hydrogens (tertiary/aromatic N) is 4. The first-order chi connectivity index (χ1) is 17.2. The number of hydrogen-bond acceptors (Lipinski definition) is 5. The molecule has 7 heteroatoms. The standard InChI is InChI=1S/C28H24IN5O/c1-30-25-19-23(24(29)17-18-35)26-27(31-25)34(33-32-26)28(20-11-5-2-6-12-20,21-13-7-3-8-14-21)22-15-9-4-10-16-22/h2-17,19,35H,18H2,1H3,(H,30,31)/b24-17-. The molecule has 0 saturated heterocycles. The molecule has 2 N–H and O–H groups in total. The predicted molar refractivity (Wildman–Crippen MR) is 149 cm³/mol. The highest BCUT2D eigenvalue weighted by atomic mass is 127. The van der Waals surface area contributed by atoms with E-state index in [1.165, 1.54) is 0 Å². The van der Waals surface area contributed by atoms with Crippen LogP contribution in [0.3, 0.4) is 0 Å². The Hall–Kier alpha value is -3.56. The van der Waals surface area contributed by atoms with Gasteiger partial charge in [-0.2, -0.15) is 0 Å². The highest BCUT2D eigenvalue weighted by molar-refractivity contribution is 14.1. The molecule has 0 saturated carbocycles. The second-order valence-electron chi connectivity index (χ2n) is 8.02. The molecule has 0 aliphatic carbocycles. The van der Waals surface area contributed by atoms with E-state index < -0.39 is 5.54 Å². The number of hydrogen-bond donors (Lipinski definition) is 2. The maximum absolute atomic E-state index is 9.52. The molecular weight excluding hydrogens is 549 g/mol. The van der Waals surface area contributed by atoms with E-state index >= 15 is 0 Å². The van der Waals surface area contributed by atoms with Gasteiger partial charge in [-0.15, -0.1) is 5.10 Å². The van der Waals surface area contributed by atoms with Crippen molar-refractivity contribution in [3.63, 3.8) is 0 Å². The number of aliphatic hydroxyl groups excluding tert-OH is 1. The Labute approximate surface area is 217 Å². The third kappa shape index (κ3) is 4.00. The van der Waals surface area contributed by atoms with Gasteiger partial charge in [-0.3, -0.25) is 0 Å². The summed E-state index contributed by atoms with van der Waals surface area (Å²) in [6, 6.07) is 32.9. The van der Waals surface area contributed by atoms with Gasteiger partial charge in [0.1, 0.15) is 16.9 Å². The monoisotopic (exact) mass is 573 g/mol. The van der Waals surface area contributed by atoms with Crippen LogP contribution in [0.2, 0.25) is 0 Å². The van der Waals surface area contributed by atoms with Crippen LogP contribution in [0.1, 0.15) is 22.3 Å². The van der Waals surface area contributed by atoms with E-state index in [1.807, 2.05) is 72.4 Å². The first kappa shape index (κ1) is 23.2. The molecule has 174 valence electrons. The fourth-order valence-corrected chi connectivity index (χ4v) is 5.14. The zero-order valence-electron chi connectivity index (χ0n) is 19.1. The van der Waals surface area contributed by atoms with Gasteiger partial charge in [0, 0.05) is 16.2 Å². The minimum atomic E-state index is -0.818. The van der Waals surface area contributed by atoms with Crippen LogP contribution in [0, 0.1) is 0 Å². The summed E-state index contributed by atoms with van der Waals surface area (Å²) >= 11 is 2.22. The average Bonchev–Trinajstić information content (AvgIpc) is 3.35. The quantitative estimate of drug-likeness (QED) is 0.199. The molecule has 2 heterocycles. The largest absolute Gasteiger partial charge is 0.392 e. The van der Waals surface area contributed by atoms with Gasteiger partial charge in [-0.1, -0.05) is 96.2 Å². The van der Waals surface area contributed by atoms with E-state index in [9.17, 15) is 5.11 Å². The maximum Gasteiger partial charge on any atom is 0.182 e. The van der Waals surface area contributed by atoms with Crippen molar-refractivity contribution in [1.29, 1.82) is 0 Å². The van der Waals surface area contributed by atoms with E-state index in [0.717, 1.165) is 25.8 Å². The van der Waals surface area contributed by atoms with E-state index in [2.05, 4.69) is 69.4 Å². The van der Waals surface area contributed by atoms with Crippen molar-refractivity contribution < 1.29 is 5.11 Å². The molecule has 3 aromatic carbocycles. The average molecular weight is 573 g/mol. The lowest BCUT2D eigenvalue weighted by molar-refractivity contribution is 0.343. The van der Waals surface area contributed by atoms with Crippen LogP contribution in [-0.2, 0) is 5.54 Å². The van der Waals surface area contributed by atoms with Crippen LogP contribution >= 0.6 is 22.6 Å². The van der Waals surface area contributed by atoms with Gasteiger partial charge in [-0.05, 0) is 51.4 Å². The molecule has 5 aromatic rings. The van der Waals surface area contributed by atoms with Gasteiger partial charge in [0.15, 0.2) is 5.65 Å². The second-order valence-corrected chi connectivity index (χ2v) is 9.18. The van der Waals surface area contributed by atoms with Crippen molar-refractivity contribution in [3.05, 3.63) is 125 Å². The number of anilines is 1. The molecule has 0 aliphatic rings. The Balaban J connectivity index is 1.95. The lowest BCUT2D eigenvalue weighted by Crippen LogP contribution is -2.38. The Kier molecular flexibility index (Phi) is 6.61. The van der Waals surface area contributed by atoms with Gasteiger partial charge in [0.2, 0.25) is 0 Å². The summed E-state index contributed by atoms with van der Waals surface area (Å²) in [5.74, 6) is 0.694. The normalized spacial score (nSPS) is 12.1. The molecule has 5 rings (SSSR count). The van der Waals surface area contributed by atoms with E-state index in [0.29, 0.717) is 17.0 Å². The van der Waals surface area contributed by atoms with Crippen LogP contribution in [0.5, 0.6) is 0 Å². The van der Waals surface area contributed by atoms with Crippen LogP contribution in [0.4, 0.5) is 5.82 Å². The lowest BCUT2D eigenvalue weighted by Gasteiger charge is -2.36. The Morgan fingerprint density at radius 1 is 0.914 bits per heavy atom. The maximum atomic E-state index is 9.52. The summed E-state index contributed by atoms with van der Waals surface area (Å²) in [6.45, 7) is -0.0624. The number of nitrogens with one attached hydrogen (secondary N) is 1.